The van der Waals surface area contributed by atoms with Crippen molar-refractivity contribution in [2.24, 2.45) is 0 Å². The maximum atomic E-state index is 3.55. The number of piperazine rings is 1. The lowest BCUT2D eigenvalue weighted by Crippen LogP contribution is -2.57. The highest BCUT2D eigenvalue weighted by Crippen LogP contribution is 2.18. The smallest absolute Gasteiger partial charge is 0.0277 e. The van der Waals surface area contributed by atoms with E-state index in [1.807, 2.05) is 0 Å². The van der Waals surface area contributed by atoms with Crippen LogP contribution < -0.4 is 5.32 Å². The van der Waals surface area contributed by atoms with Crippen molar-refractivity contribution in [2.45, 2.75) is 52.1 Å². The van der Waals surface area contributed by atoms with Crippen LogP contribution in [0.25, 0.3) is 0 Å². The molecule has 1 aliphatic heterocycles. The molecule has 0 amide bonds. The molecule has 102 valence electrons. The summed E-state index contributed by atoms with van der Waals surface area (Å²) in [5.41, 5.74) is 0.580. The van der Waals surface area contributed by atoms with Crippen LogP contribution in [-0.2, 0) is 0 Å². The van der Waals surface area contributed by atoms with E-state index in [1.54, 1.807) is 0 Å². The average Bonchev–Trinajstić information content (AvgIpc) is 2.16. The standard InChI is InChI=1S/C14H31N3/c1-13(2,3)15-8-7-9-17-11-10-16(6)14(4,5)12-17/h15H,7-12H2,1-6H3. The molecule has 1 aliphatic rings. The zero-order valence-corrected chi connectivity index (χ0v) is 12.6. The van der Waals surface area contributed by atoms with Crippen molar-refractivity contribution in [3.63, 3.8) is 0 Å². The molecule has 0 bridgehead atoms. The summed E-state index contributed by atoms with van der Waals surface area (Å²) in [6.07, 6.45) is 1.25. The van der Waals surface area contributed by atoms with Crippen LogP contribution in [0.15, 0.2) is 0 Å². The quantitative estimate of drug-likeness (QED) is 0.757. The van der Waals surface area contributed by atoms with Crippen molar-refractivity contribution in [3.05, 3.63) is 0 Å². The van der Waals surface area contributed by atoms with Crippen LogP contribution in [0.1, 0.15) is 41.0 Å². The second kappa shape index (κ2) is 5.68. The lowest BCUT2D eigenvalue weighted by Gasteiger charge is -2.45. The predicted molar refractivity (Wildman–Crippen MR) is 75.5 cm³/mol. The third kappa shape index (κ3) is 5.36. The maximum Gasteiger partial charge on any atom is 0.0277 e. The number of nitrogens with one attached hydrogen (secondary N) is 1. The second-order valence-electron chi connectivity index (χ2n) is 7.04. The van der Waals surface area contributed by atoms with Gasteiger partial charge in [-0.15, -0.1) is 0 Å². The van der Waals surface area contributed by atoms with Gasteiger partial charge < -0.3 is 10.2 Å². The largest absolute Gasteiger partial charge is 0.312 e. The lowest BCUT2D eigenvalue weighted by atomic mass is 9.99. The summed E-state index contributed by atoms with van der Waals surface area (Å²) >= 11 is 0. The van der Waals surface area contributed by atoms with Crippen molar-refractivity contribution >= 4 is 0 Å². The lowest BCUT2D eigenvalue weighted by molar-refractivity contribution is 0.0394. The minimum atomic E-state index is 0.251. The number of hydrogen-bond acceptors (Lipinski definition) is 3. The molecular weight excluding hydrogens is 210 g/mol. The first-order valence-electron chi connectivity index (χ1n) is 6.89. The van der Waals surface area contributed by atoms with Crippen molar-refractivity contribution in [1.82, 2.24) is 15.1 Å². The fourth-order valence-electron chi connectivity index (χ4n) is 2.30. The van der Waals surface area contributed by atoms with Gasteiger partial charge in [0.2, 0.25) is 0 Å². The van der Waals surface area contributed by atoms with E-state index in [9.17, 15) is 0 Å². The highest BCUT2D eigenvalue weighted by Gasteiger charge is 2.30. The fraction of sp³-hybridized carbons (Fsp3) is 1.00. The van der Waals surface area contributed by atoms with Crippen LogP contribution in [0.5, 0.6) is 0 Å². The molecule has 1 saturated heterocycles. The van der Waals surface area contributed by atoms with Crippen molar-refractivity contribution < 1.29 is 0 Å². The minimum absolute atomic E-state index is 0.251. The molecule has 0 aromatic heterocycles. The summed E-state index contributed by atoms with van der Waals surface area (Å²) in [6.45, 7) is 17.3. The van der Waals surface area contributed by atoms with Gasteiger partial charge in [-0.3, -0.25) is 4.90 Å². The Hall–Kier alpha value is -0.120. The van der Waals surface area contributed by atoms with E-state index in [-0.39, 0.29) is 5.54 Å². The fourth-order valence-corrected chi connectivity index (χ4v) is 2.30. The molecule has 0 atom stereocenters. The Morgan fingerprint density at radius 1 is 1.18 bits per heavy atom. The zero-order valence-electron chi connectivity index (χ0n) is 12.6. The van der Waals surface area contributed by atoms with Crippen molar-refractivity contribution in [3.8, 4) is 0 Å². The van der Waals surface area contributed by atoms with Crippen LogP contribution in [0, 0.1) is 0 Å². The molecule has 17 heavy (non-hydrogen) atoms. The normalized spacial score (nSPS) is 22.9. The predicted octanol–water partition coefficient (Wildman–Crippen LogP) is 1.79. The first-order chi connectivity index (χ1) is 7.71. The van der Waals surface area contributed by atoms with Gasteiger partial charge in [0.05, 0.1) is 0 Å². The van der Waals surface area contributed by atoms with Gasteiger partial charge in [-0.2, -0.15) is 0 Å². The molecule has 1 fully saturated rings. The number of rotatable bonds is 4. The summed E-state index contributed by atoms with van der Waals surface area (Å²) in [7, 11) is 2.23. The number of hydrogen-bond donors (Lipinski definition) is 1. The molecule has 1 N–H and O–H groups in total. The molecule has 1 heterocycles. The first-order valence-corrected chi connectivity index (χ1v) is 6.89. The number of likely N-dealkylation sites (N-methyl/N-ethyl adjacent to an activating group) is 1. The topological polar surface area (TPSA) is 18.5 Å². The van der Waals surface area contributed by atoms with Gasteiger partial charge in [0, 0.05) is 30.7 Å². The van der Waals surface area contributed by atoms with E-state index >= 15 is 0 Å². The summed E-state index contributed by atoms with van der Waals surface area (Å²) < 4.78 is 0. The molecule has 0 unspecified atom stereocenters. The Bertz CT molecular complexity index is 230. The molecule has 0 aromatic carbocycles. The Kier molecular flexibility index (Phi) is 4.99. The Morgan fingerprint density at radius 2 is 1.82 bits per heavy atom. The van der Waals surface area contributed by atoms with Gasteiger partial charge in [0.15, 0.2) is 0 Å². The van der Waals surface area contributed by atoms with Gasteiger partial charge >= 0.3 is 0 Å². The Balaban J connectivity index is 2.21. The monoisotopic (exact) mass is 241 g/mol. The first kappa shape index (κ1) is 14.9. The summed E-state index contributed by atoms with van der Waals surface area (Å²) in [5, 5.41) is 3.55. The molecule has 0 aliphatic carbocycles. The van der Waals surface area contributed by atoms with Crippen molar-refractivity contribution in [2.75, 3.05) is 39.8 Å². The molecule has 0 spiro atoms. The van der Waals surface area contributed by atoms with Crippen LogP contribution >= 0.6 is 0 Å². The van der Waals surface area contributed by atoms with Crippen LogP contribution in [-0.4, -0.2) is 60.6 Å². The van der Waals surface area contributed by atoms with E-state index in [4.69, 9.17) is 0 Å². The molecule has 1 rings (SSSR count). The molecule has 3 nitrogen and oxygen atoms in total. The zero-order chi connectivity index (χ0) is 13.1. The Labute approximate surface area is 108 Å². The van der Waals surface area contributed by atoms with E-state index in [0.717, 1.165) is 6.54 Å². The molecule has 0 aromatic rings. The van der Waals surface area contributed by atoms with E-state index in [1.165, 1.54) is 32.6 Å². The van der Waals surface area contributed by atoms with Gasteiger partial charge in [0.25, 0.3) is 0 Å². The maximum absolute atomic E-state index is 3.55. The van der Waals surface area contributed by atoms with Gasteiger partial charge in [-0.05, 0) is 61.2 Å². The van der Waals surface area contributed by atoms with Gasteiger partial charge in [-0.25, -0.2) is 0 Å². The summed E-state index contributed by atoms with van der Waals surface area (Å²) in [4.78, 5) is 5.07. The minimum Gasteiger partial charge on any atom is -0.312 e. The molecular formula is C14H31N3. The Morgan fingerprint density at radius 3 is 2.35 bits per heavy atom. The van der Waals surface area contributed by atoms with Crippen molar-refractivity contribution in [1.29, 1.82) is 0 Å². The second-order valence-corrected chi connectivity index (χ2v) is 7.04. The van der Waals surface area contributed by atoms with E-state index in [2.05, 4.69) is 56.8 Å². The molecule has 0 saturated carbocycles. The van der Waals surface area contributed by atoms with E-state index in [0.29, 0.717) is 5.54 Å². The van der Waals surface area contributed by atoms with Gasteiger partial charge in [0.1, 0.15) is 0 Å². The molecule has 0 radical (unpaired) electrons. The number of nitrogens with zero attached hydrogens (tertiary/aromatic N) is 2. The SMILES string of the molecule is CN1CCN(CCCNC(C)(C)C)CC1(C)C. The summed E-state index contributed by atoms with van der Waals surface area (Å²) in [5.74, 6) is 0. The average molecular weight is 241 g/mol. The third-order valence-electron chi connectivity index (χ3n) is 3.70. The van der Waals surface area contributed by atoms with Crippen LogP contribution in [0.4, 0.5) is 0 Å². The highest BCUT2D eigenvalue weighted by molar-refractivity contribution is 4.88. The van der Waals surface area contributed by atoms with E-state index < -0.39 is 0 Å². The third-order valence-corrected chi connectivity index (χ3v) is 3.70. The summed E-state index contributed by atoms with van der Waals surface area (Å²) in [6, 6.07) is 0. The highest BCUT2D eigenvalue weighted by atomic mass is 15.3. The molecule has 3 heteroatoms. The van der Waals surface area contributed by atoms with Gasteiger partial charge in [-0.1, -0.05) is 0 Å². The van der Waals surface area contributed by atoms with Crippen LogP contribution in [0.2, 0.25) is 0 Å². The van der Waals surface area contributed by atoms with Crippen LogP contribution in [0.3, 0.4) is 0 Å².